The molecule has 0 bridgehead atoms. The monoisotopic (exact) mass is 454 g/mol. The molecule has 3 heterocycles. The summed E-state index contributed by atoms with van der Waals surface area (Å²) < 4.78 is 7.42. The molecular formula is C28H30N4O2. The van der Waals surface area contributed by atoms with E-state index in [1.54, 1.807) is 0 Å². The van der Waals surface area contributed by atoms with Gasteiger partial charge in [-0.15, -0.1) is 0 Å². The number of carbonyl (C=O) groups excluding carboxylic acids is 1. The van der Waals surface area contributed by atoms with Crippen molar-refractivity contribution in [2.45, 2.75) is 53.5 Å². The number of anilines is 2. The van der Waals surface area contributed by atoms with E-state index in [2.05, 4.69) is 48.0 Å². The van der Waals surface area contributed by atoms with Crippen molar-refractivity contribution in [2.24, 2.45) is 0 Å². The van der Waals surface area contributed by atoms with Gasteiger partial charge in [0.15, 0.2) is 5.65 Å². The molecule has 0 atom stereocenters. The van der Waals surface area contributed by atoms with Gasteiger partial charge in [-0.2, -0.15) is 0 Å². The number of rotatable bonds is 5. The molecular weight excluding hydrogens is 424 g/mol. The molecule has 2 aromatic heterocycles. The van der Waals surface area contributed by atoms with Gasteiger partial charge in [-0.3, -0.25) is 0 Å². The molecule has 1 aliphatic heterocycles. The van der Waals surface area contributed by atoms with Crippen molar-refractivity contribution in [1.82, 2.24) is 14.5 Å². The maximum absolute atomic E-state index is 12.2. The van der Waals surface area contributed by atoms with Gasteiger partial charge in [-0.25, -0.2) is 14.8 Å². The van der Waals surface area contributed by atoms with Crippen molar-refractivity contribution in [2.75, 3.05) is 11.9 Å². The SMILES string of the molecule is CCOC(=O)c1ccc2c(c1)CCc1cc(Cn3c(CC)nc4c(C)cc(C)nc43)ccc1N2. The van der Waals surface area contributed by atoms with Crippen molar-refractivity contribution in [1.29, 1.82) is 0 Å². The Labute approximate surface area is 200 Å². The molecule has 0 saturated carbocycles. The van der Waals surface area contributed by atoms with Gasteiger partial charge in [-0.1, -0.05) is 19.1 Å². The summed E-state index contributed by atoms with van der Waals surface area (Å²) in [6, 6.07) is 14.5. The Hall–Kier alpha value is -3.67. The molecule has 34 heavy (non-hydrogen) atoms. The van der Waals surface area contributed by atoms with Gasteiger partial charge < -0.3 is 14.6 Å². The molecule has 0 unspecified atom stereocenters. The Bertz CT molecular complexity index is 1400. The number of carbonyl (C=O) groups is 1. The third kappa shape index (κ3) is 4.04. The van der Waals surface area contributed by atoms with Crippen molar-refractivity contribution in [3.05, 3.63) is 81.8 Å². The number of hydrogen-bond acceptors (Lipinski definition) is 5. The quantitative estimate of drug-likeness (QED) is 0.393. The molecule has 0 amide bonds. The number of aryl methyl sites for hydroxylation is 5. The first-order chi connectivity index (χ1) is 16.5. The van der Waals surface area contributed by atoms with Crippen molar-refractivity contribution in [3.8, 4) is 0 Å². The predicted octanol–water partition coefficient (Wildman–Crippen LogP) is 5.68. The number of hydrogen-bond donors (Lipinski definition) is 1. The predicted molar refractivity (Wildman–Crippen MR) is 135 cm³/mol. The standard InChI is InChI=1S/C28H30N4O2/c1-5-25-31-26-17(3)13-18(4)29-27(26)32(25)16-19-7-11-23-20(14-19)8-9-21-15-22(28(33)34-6-2)10-12-24(21)30-23/h7,10-15,30H,5-6,8-9,16H2,1-4H3. The maximum Gasteiger partial charge on any atom is 0.338 e. The molecule has 1 aliphatic rings. The second kappa shape index (κ2) is 8.93. The number of ether oxygens (including phenoxy) is 1. The highest BCUT2D eigenvalue weighted by Crippen LogP contribution is 2.32. The molecule has 2 aromatic carbocycles. The molecule has 6 heteroatoms. The Kier molecular flexibility index (Phi) is 5.82. The van der Waals surface area contributed by atoms with Crippen LogP contribution in [0.15, 0.2) is 42.5 Å². The first-order valence-electron chi connectivity index (χ1n) is 12.0. The second-order valence-corrected chi connectivity index (χ2v) is 8.93. The third-order valence-corrected chi connectivity index (χ3v) is 6.48. The van der Waals surface area contributed by atoms with Gasteiger partial charge in [0.1, 0.15) is 11.3 Å². The van der Waals surface area contributed by atoms with Crippen LogP contribution in [0.5, 0.6) is 0 Å². The summed E-state index contributed by atoms with van der Waals surface area (Å²) >= 11 is 0. The zero-order valence-electron chi connectivity index (χ0n) is 20.2. The number of imidazole rings is 1. The minimum atomic E-state index is -0.271. The van der Waals surface area contributed by atoms with Crippen LogP contribution in [0.1, 0.15) is 58.0 Å². The average molecular weight is 455 g/mol. The fraction of sp³-hybridized carbons (Fsp3) is 0.321. The fourth-order valence-electron chi connectivity index (χ4n) is 4.82. The van der Waals surface area contributed by atoms with Crippen LogP contribution < -0.4 is 5.32 Å². The van der Waals surface area contributed by atoms with E-state index >= 15 is 0 Å². The van der Waals surface area contributed by atoms with Crippen LogP contribution >= 0.6 is 0 Å². The number of aromatic nitrogens is 3. The van der Waals surface area contributed by atoms with Gasteiger partial charge >= 0.3 is 5.97 Å². The van der Waals surface area contributed by atoms with E-state index in [4.69, 9.17) is 14.7 Å². The van der Waals surface area contributed by atoms with Crippen LogP contribution in [-0.2, 0) is 30.5 Å². The van der Waals surface area contributed by atoms with E-state index in [9.17, 15) is 4.79 Å². The topological polar surface area (TPSA) is 69.0 Å². The van der Waals surface area contributed by atoms with Gasteiger partial charge in [0.2, 0.25) is 0 Å². The van der Waals surface area contributed by atoms with E-state index in [-0.39, 0.29) is 5.97 Å². The summed E-state index contributed by atoms with van der Waals surface area (Å²) in [6.07, 6.45) is 2.62. The molecule has 0 radical (unpaired) electrons. The van der Waals surface area contributed by atoms with Crippen LogP contribution in [0.25, 0.3) is 11.2 Å². The van der Waals surface area contributed by atoms with Crippen molar-refractivity contribution in [3.63, 3.8) is 0 Å². The lowest BCUT2D eigenvalue weighted by Crippen LogP contribution is -2.06. The average Bonchev–Trinajstić information content (AvgIpc) is 3.06. The highest BCUT2D eigenvalue weighted by molar-refractivity contribution is 5.90. The highest BCUT2D eigenvalue weighted by Gasteiger charge is 2.18. The lowest BCUT2D eigenvalue weighted by atomic mass is 10.0. The van der Waals surface area contributed by atoms with E-state index in [1.165, 1.54) is 16.7 Å². The van der Waals surface area contributed by atoms with E-state index in [1.807, 2.05) is 32.0 Å². The first-order valence-corrected chi connectivity index (χ1v) is 12.0. The smallest absolute Gasteiger partial charge is 0.338 e. The van der Waals surface area contributed by atoms with Crippen LogP contribution in [0, 0.1) is 13.8 Å². The van der Waals surface area contributed by atoms with Crippen LogP contribution in [0.2, 0.25) is 0 Å². The molecule has 6 nitrogen and oxygen atoms in total. The van der Waals surface area contributed by atoms with E-state index in [0.29, 0.717) is 12.2 Å². The molecule has 4 aromatic rings. The molecule has 0 spiro atoms. The van der Waals surface area contributed by atoms with E-state index < -0.39 is 0 Å². The van der Waals surface area contributed by atoms with Gasteiger partial charge in [-0.05, 0) is 86.2 Å². The minimum absolute atomic E-state index is 0.271. The Balaban J connectivity index is 1.44. The van der Waals surface area contributed by atoms with Gasteiger partial charge in [0.25, 0.3) is 0 Å². The maximum atomic E-state index is 12.2. The summed E-state index contributed by atoms with van der Waals surface area (Å²) in [4.78, 5) is 21.9. The summed E-state index contributed by atoms with van der Waals surface area (Å²) in [6.45, 7) is 9.22. The molecule has 0 fully saturated rings. The normalized spacial score (nSPS) is 12.6. The van der Waals surface area contributed by atoms with Crippen LogP contribution in [0.3, 0.4) is 0 Å². The lowest BCUT2D eigenvalue weighted by Gasteiger charge is -2.13. The fourth-order valence-corrected chi connectivity index (χ4v) is 4.82. The molecule has 0 saturated heterocycles. The number of fused-ring (bicyclic) bond motifs is 3. The summed E-state index contributed by atoms with van der Waals surface area (Å²) in [7, 11) is 0. The molecule has 5 rings (SSSR count). The van der Waals surface area contributed by atoms with Crippen LogP contribution in [-0.4, -0.2) is 27.1 Å². The number of benzene rings is 2. The summed E-state index contributed by atoms with van der Waals surface area (Å²) in [5.74, 6) is 0.788. The van der Waals surface area contributed by atoms with Crippen molar-refractivity contribution < 1.29 is 9.53 Å². The first kappa shape index (κ1) is 22.1. The third-order valence-electron chi connectivity index (χ3n) is 6.48. The van der Waals surface area contributed by atoms with Crippen LogP contribution in [0.4, 0.5) is 11.4 Å². The Morgan fingerprint density at radius 2 is 1.74 bits per heavy atom. The molecule has 174 valence electrons. The largest absolute Gasteiger partial charge is 0.462 e. The minimum Gasteiger partial charge on any atom is -0.462 e. The molecule has 0 aliphatic carbocycles. The highest BCUT2D eigenvalue weighted by atomic mass is 16.5. The second-order valence-electron chi connectivity index (χ2n) is 8.93. The van der Waals surface area contributed by atoms with E-state index in [0.717, 1.165) is 65.4 Å². The summed E-state index contributed by atoms with van der Waals surface area (Å²) in [5, 5.41) is 3.57. The van der Waals surface area contributed by atoms with Gasteiger partial charge in [0.05, 0.1) is 18.7 Å². The molecule has 1 N–H and O–H groups in total. The summed E-state index contributed by atoms with van der Waals surface area (Å²) in [5.41, 5.74) is 10.5. The number of nitrogens with zero attached hydrogens (tertiary/aromatic N) is 3. The van der Waals surface area contributed by atoms with Crippen molar-refractivity contribution >= 4 is 28.5 Å². The zero-order valence-corrected chi connectivity index (χ0v) is 20.2. The lowest BCUT2D eigenvalue weighted by molar-refractivity contribution is 0.0526. The number of nitrogens with one attached hydrogen (secondary N) is 1. The Morgan fingerprint density at radius 3 is 2.47 bits per heavy atom. The number of esters is 1. The zero-order chi connectivity index (χ0) is 23.8. The van der Waals surface area contributed by atoms with Gasteiger partial charge in [0, 0.05) is 23.5 Å². The number of pyridine rings is 1. The Morgan fingerprint density at radius 1 is 1.00 bits per heavy atom.